The number of hydrogen-bond acceptors (Lipinski definition) is 6. The van der Waals surface area contributed by atoms with E-state index in [1.165, 1.54) is 0 Å². The van der Waals surface area contributed by atoms with E-state index >= 15 is 0 Å². The largest absolute Gasteiger partial charge is 0.473 e. The number of pyridine rings is 1. The summed E-state index contributed by atoms with van der Waals surface area (Å²) in [6.07, 6.45) is 1.88. The predicted molar refractivity (Wildman–Crippen MR) is 75.3 cm³/mol. The summed E-state index contributed by atoms with van der Waals surface area (Å²) in [4.78, 5) is 28.2. The minimum Gasteiger partial charge on any atom is -0.473 e. The molecular formula is C15H17NO5. The fraction of sp³-hybridized carbons (Fsp3) is 0.400. The first-order chi connectivity index (χ1) is 10.1. The molecule has 1 aliphatic heterocycles. The van der Waals surface area contributed by atoms with Crippen molar-refractivity contribution in [2.24, 2.45) is 0 Å². The van der Waals surface area contributed by atoms with Crippen LogP contribution < -0.4 is 4.74 Å². The second kappa shape index (κ2) is 6.39. The summed E-state index contributed by atoms with van der Waals surface area (Å²) < 4.78 is 15.3. The van der Waals surface area contributed by atoms with Crippen molar-refractivity contribution in [3.05, 3.63) is 29.0 Å². The van der Waals surface area contributed by atoms with Gasteiger partial charge in [-0.05, 0) is 38.5 Å². The van der Waals surface area contributed by atoms with Gasteiger partial charge in [-0.15, -0.1) is 0 Å². The van der Waals surface area contributed by atoms with E-state index in [9.17, 15) is 9.59 Å². The Bertz CT molecular complexity index is 606. The highest BCUT2D eigenvalue weighted by Crippen LogP contribution is 2.30. The molecule has 1 aromatic heterocycles. The van der Waals surface area contributed by atoms with Gasteiger partial charge in [0.25, 0.3) is 0 Å². The number of rotatable bonds is 4. The molecule has 1 aromatic rings. The minimum absolute atomic E-state index is 0.0799. The number of fused-ring (bicyclic) bond motifs is 1. The maximum absolute atomic E-state index is 12.0. The van der Waals surface area contributed by atoms with Gasteiger partial charge in [0.15, 0.2) is 5.69 Å². The van der Waals surface area contributed by atoms with Gasteiger partial charge in [-0.1, -0.05) is 0 Å². The SMILES string of the molecule is CCOC(=O)c1cc2c(nc1C(=O)OCC)OCC=C2C. The molecule has 0 N–H and O–H groups in total. The van der Waals surface area contributed by atoms with E-state index in [1.807, 2.05) is 13.0 Å². The molecule has 6 heteroatoms. The van der Waals surface area contributed by atoms with Crippen LogP contribution in [0.3, 0.4) is 0 Å². The molecule has 0 saturated carbocycles. The van der Waals surface area contributed by atoms with Crippen LogP contribution in [0, 0.1) is 0 Å². The highest BCUT2D eigenvalue weighted by molar-refractivity contribution is 6.02. The lowest BCUT2D eigenvalue weighted by atomic mass is 10.0. The third-order valence-corrected chi connectivity index (χ3v) is 2.99. The Morgan fingerprint density at radius 3 is 2.57 bits per heavy atom. The van der Waals surface area contributed by atoms with Crippen LogP contribution in [0.1, 0.15) is 47.2 Å². The van der Waals surface area contributed by atoms with E-state index < -0.39 is 11.9 Å². The molecule has 0 amide bonds. The summed E-state index contributed by atoms with van der Waals surface area (Å²) in [7, 11) is 0. The molecule has 2 rings (SSSR count). The van der Waals surface area contributed by atoms with Crippen LogP contribution in [0.2, 0.25) is 0 Å². The van der Waals surface area contributed by atoms with Crippen molar-refractivity contribution in [3.63, 3.8) is 0 Å². The number of nitrogens with zero attached hydrogens (tertiary/aromatic N) is 1. The predicted octanol–water partition coefficient (Wildman–Crippen LogP) is 2.23. The zero-order valence-electron chi connectivity index (χ0n) is 12.3. The van der Waals surface area contributed by atoms with Gasteiger partial charge >= 0.3 is 11.9 Å². The quantitative estimate of drug-likeness (QED) is 0.792. The van der Waals surface area contributed by atoms with E-state index in [4.69, 9.17) is 14.2 Å². The Kier molecular flexibility index (Phi) is 4.57. The molecule has 6 nitrogen and oxygen atoms in total. The Balaban J connectivity index is 2.54. The van der Waals surface area contributed by atoms with Crippen LogP contribution in [-0.4, -0.2) is 36.7 Å². The normalized spacial score (nSPS) is 12.8. The molecule has 0 atom stereocenters. The van der Waals surface area contributed by atoms with Crippen molar-refractivity contribution >= 4 is 17.5 Å². The highest BCUT2D eigenvalue weighted by atomic mass is 16.5. The lowest BCUT2D eigenvalue weighted by molar-refractivity contribution is 0.0472. The zero-order valence-corrected chi connectivity index (χ0v) is 12.3. The van der Waals surface area contributed by atoms with Crippen molar-refractivity contribution < 1.29 is 23.8 Å². The number of carbonyl (C=O) groups excluding carboxylic acids is 2. The van der Waals surface area contributed by atoms with Gasteiger partial charge in [0.2, 0.25) is 5.88 Å². The summed E-state index contributed by atoms with van der Waals surface area (Å²) in [5, 5.41) is 0. The minimum atomic E-state index is -0.667. The molecule has 1 aliphatic rings. The maximum atomic E-state index is 12.0. The lowest BCUT2D eigenvalue weighted by Crippen LogP contribution is -2.18. The van der Waals surface area contributed by atoms with E-state index in [0.29, 0.717) is 18.1 Å². The summed E-state index contributed by atoms with van der Waals surface area (Å²) in [6.45, 7) is 6.06. The van der Waals surface area contributed by atoms with Crippen molar-refractivity contribution in [2.45, 2.75) is 20.8 Å². The van der Waals surface area contributed by atoms with Crippen LogP contribution in [0.15, 0.2) is 12.1 Å². The topological polar surface area (TPSA) is 74.7 Å². The zero-order chi connectivity index (χ0) is 15.4. The van der Waals surface area contributed by atoms with Crippen LogP contribution in [0.5, 0.6) is 5.88 Å². The molecule has 0 bridgehead atoms. The molecule has 2 heterocycles. The molecule has 0 spiro atoms. The third-order valence-electron chi connectivity index (χ3n) is 2.99. The molecular weight excluding hydrogens is 274 g/mol. The monoisotopic (exact) mass is 291 g/mol. The fourth-order valence-electron chi connectivity index (χ4n) is 1.96. The van der Waals surface area contributed by atoms with Crippen LogP contribution in [0.4, 0.5) is 0 Å². The van der Waals surface area contributed by atoms with Crippen molar-refractivity contribution in [3.8, 4) is 5.88 Å². The summed E-state index contributed by atoms with van der Waals surface area (Å²) in [5.41, 5.74) is 1.62. The lowest BCUT2D eigenvalue weighted by Gasteiger charge is -2.17. The van der Waals surface area contributed by atoms with E-state index in [2.05, 4.69) is 4.98 Å². The van der Waals surface area contributed by atoms with Gasteiger partial charge in [-0.3, -0.25) is 0 Å². The van der Waals surface area contributed by atoms with Gasteiger partial charge < -0.3 is 14.2 Å². The number of carbonyl (C=O) groups is 2. The molecule has 0 unspecified atom stereocenters. The Labute approximate surface area is 122 Å². The number of allylic oxidation sites excluding steroid dienone is 1. The Morgan fingerprint density at radius 1 is 1.24 bits per heavy atom. The van der Waals surface area contributed by atoms with Crippen LogP contribution in [-0.2, 0) is 9.47 Å². The molecule has 0 radical (unpaired) electrons. The van der Waals surface area contributed by atoms with Crippen molar-refractivity contribution in [2.75, 3.05) is 19.8 Å². The molecule has 0 aromatic carbocycles. The van der Waals surface area contributed by atoms with E-state index in [1.54, 1.807) is 19.9 Å². The first-order valence-corrected chi connectivity index (χ1v) is 6.77. The molecule has 0 saturated heterocycles. The number of hydrogen-bond donors (Lipinski definition) is 0. The average molecular weight is 291 g/mol. The van der Waals surface area contributed by atoms with Gasteiger partial charge in [0, 0.05) is 5.56 Å². The Hall–Kier alpha value is -2.37. The summed E-state index contributed by atoms with van der Waals surface area (Å²) >= 11 is 0. The van der Waals surface area contributed by atoms with E-state index in [0.717, 1.165) is 5.57 Å². The van der Waals surface area contributed by atoms with Crippen molar-refractivity contribution in [1.82, 2.24) is 4.98 Å². The average Bonchev–Trinajstić information content (AvgIpc) is 2.47. The van der Waals surface area contributed by atoms with Gasteiger partial charge in [-0.25, -0.2) is 14.6 Å². The summed E-state index contributed by atoms with van der Waals surface area (Å²) in [6, 6.07) is 1.57. The van der Waals surface area contributed by atoms with Crippen LogP contribution >= 0.6 is 0 Å². The third kappa shape index (κ3) is 3.04. The second-order valence-electron chi connectivity index (χ2n) is 4.38. The van der Waals surface area contributed by atoms with Gasteiger partial charge in [0.1, 0.15) is 6.61 Å². The molecule has 0 fully saturated rings. The number of esters is 2. The highest BCUT2D eigenvalue weighted by Gasteiger charge is 2.26. The number of ether oxygens (including phenoxy) is 3. The van der Waals surface area contributed by atoms with Gasteiger partial charge in [0.05, 0.1) is 18.8 Å². The van der Waals surface area contributed by atoms with E-state index in [-0.39, 0.29) is 24.5 Å². The van der Waals surface area contributed by atoms with Gasteiger partial charge in [-0.2, -0.15) is 0 Å². The Morgan fingerprint density at radius 2 is 1.90 bits per heavy atom. The molecule has 112 valence electrons. The summed E-state index contributed by atoms with van der Waals surface area (Å²) in [5.74, 6) is -0.945. The second-order valence-corrected chi connectivity index (χ2v) is 4.38. The van der Waals surface area contributed by atoms with Crippen molar-refractivity contribution in [1.29, 1.82) is 0 Å². The number of aromatic nitrogens is 1. The standard InChI is InChI=1S/C15H17NO5/c1-4-19-14(17)11-8-10-9(3)6-7-21-13(10)16-12(11)15(18)20-5-2/h6,8H,4-5,7H2,1-3H3. The molecule has 0 aliphatic carbocycles. The van der Waals surface area contributed by atoms with Crippen LogP contribution in [0.25, 0.3) is 5.57 Å². The first-order valence-electron chi connectivity index (χ1n) is 6.77. The first kappa shape index (κ1) is 15.0. The molecule has 21 heavy (non-hydrogen) atoms. The fourth-order valence-corrected chi connectivity index (χ4v) is 1.96. The smallest absolute Gasteiger partial charge is 0.357 e. The maximum Gasteiger partial charge on any atom is 0.357 e.